The van der Waals surface area contributed by atoms with Crippen molar-refractivity contribution in [3.05, 3.63) is 59.1 Å². The van der Waals surface area contributed by atoms with Crippen LogP contribution in [0.15, 0.2) is 53.4 Å². The van der Waals surface area contributed by atoms with E-state index in [2.05, 4.69) is 5.32 Å². The first-order valence-corrected chi connectivity index (χ1v) is 8.80. The van der Waals surface area contributed by atoms with Gasteiger partial charge in [-0.15, -0.1) is 11.8 Å². The molecule has 2 aromatic carbocycles. The number of thioether (sulfide) groups is 1. The Labute approximate surface area is 150 Å². The molecule has 0 saturated carbocycles. The van der Waals surface area contributed by atoms with Crippen molar-refractivity contribution in [2.24, 2.45) is 0 Å². The molecule has 24 heavy (non-hydrogen) atoms. The number of carbonyl (C=O) groups is 2. The van der Waals surface area contributed by atoms with Crippen molar-refractivity contribution in [3.63, 3.8) is 0 Å². The molecule has 1 amide bonds. The molecule has 0 bridgehead atoms. The molecule has 0 spiro atoms. The number of benzene rings is 2. The SMILES string of the molecule is Cc1ccc(SCCC(=O)OCC(=O)Nc2ccc(Cl)cc2)cc1. The quantitative estimate of drug-likeness (QED) is 0.588. The van der Waals surface area contributed by atoms with Crippen molar-refractivity contribution in [2.75, 3.05) is 17.7 Å². The molecule has 4 nitrogen and oxygen atoms in total. The minimum absolute atomic E-state index is 0.257. The number of hydrogen-bond acceptors (Lipinski definition) is 4. The summed E-state index contributed by atoms with van der Waals surface area (Å²) in [6, 6.07) is 14.8. The molecule has 0 aliphatic rings. The summed E-state index contributed by atoms with van der Waals surface area (Å²) in [6.45, 7) is 1.73. The third kappa shape index (κ3) is 6.64. The van der Waals surface area contributed by atoms with E-state index in [4.69, 9.17) is 16.3 Å². The number of aryl methyl sites for hydroxylation is 1. The Kier molecular flexibility index (Phi) is 7.15. The molecule has 0 fully saturated rings. The molecule has 0 atom stereocenters. The molecular weight excluding hydrogens is 346 g/mol. The molecule has 6 heteroatoms. The highest BCUT2D eigenvalue weighted by Gasteiger charge is 2.08. The number of halogens is 1. The van der Waals surface area contributed by atoms with Crippen LogP contribution in [0.25, 0.3) is 0 Å². The fraction of sp³-hybridized carbons (Fsp3) is 0.222. The summed E-state index contributed by atoms with van der Waals surface area (Å²) in [7, 11) is 0. The Balaban J connectivity index is 1.64. The molecule has 2 aromatic rings. The van der Waals surface area contributed by atoms with Crippen LogP contribution in [0.2, 0.25) is 5.02 Å². The van der Waals surface area contributed by atoms with E-state index in [0.717, 1.165) is 4.90 Å². The Morgan fingerprint density at radius 1 is 1.08 bits per heavy atom. The van der Waals surface area contributed by atoms with E-state index in [1.165, 1.54) is 5.56 Å². The Hall–Kier alpha value is -1.98. The van der Waals surface area contributed by atoms with Gasteiger partial charge in [0, 0.05) is 21.4 Å². The summed E-state index contributed by atoms with van der Waals surface area (Å²) in [5, 5.41) is 3.22. The van der Waals surface area contributed by atoms with Crippen LogP contribution in [0, 0.1) is 6.92 Å². The zero-order valence-electron chi connectivity index (χ0n) is 13.3. The van der Waals surface area contributed by atoms with Gasteiger partial charge in [-0.05, 0) is 43.3 Å². The second kappa shape index (κ2) is 9.35. The number of ether oxygens (including phenoxy) is 1. The minimum atomic E-state index is -0.388. The normalized spacial score (nSPS) is 10.2. The lowest BCUT2D eigenvalue weighted by Crippen LogP contribution is -2.21. The van der Waals surface area contributed by atoms with Gasteiger partial charge >= 0.3 is 5.97 Å². The van der Waals surface area contributed by atoms with Gasteiger partial charge in [0.2, 0.25) is 0 Å². The molecular formula is C18H18ClNO3S. The molecule has 2 rings (SSSR count). The maximum Gasteiger partial charge on any atom is 0.307 e. The number of anilines is 1. The molecule has 0 aromatic heterocycles. The topological polar surface area (TPSA) is 55.4 Å². The summed E-state index contributed by atoms with van der Waals surface area (Å²) in [6.07, 6.45) is 0.257. The van der Waals surface area contributed by atoms with Crippen LogP contribution in [0.5, 0.6) is 0 Å². The first-order valence-electron chi connectivity index (χ1n) is 7.43. The van der Waals surface area contributed by atoms with Crippen molar-refractivity contribution in [1.29, 1.82) is 0 Å². The maximum atomic E-state index is 11.7. The summed E-state index contributed by atoms with van der Waals surface area (Å²) in [4.78, 5) is 24.5. The molecule has 0 aliphatic carbocycles. The van der Waals surface area contributed by atoms with Gasteiger partial charge in [0.25, 0.3) is 5.91 Å². The van der Waals surface area contributed by atoms with Gasteiger partial charge in [-0.2, -0.15) is 0 Å². The van der Waals surface area contributed by atoms with Crippen LogP contribution in [0.4, 0.5) is 5.69 Å². The average molecular weight is 364 g/mol. The van der Waals surface area contributed by atoms with Gasteiger partial charge in [0.15, 0.2) is 6.61 Å². The maximum absolute atomic E-state index is 11.7. The van der Waals surface area contributed by atoms with Crippen LogP contribution in [-0.4, -0.2) is 24.2 Å². The predicted octanol–water partition coefficient (Wildman–Crippen LogP) is 4.31. The standard InChI is InChI=1S/C18H18ClNO3S/c1-13-2-8-16(9-3-13)24-11-10-18(22)23-12-17(21)20-15-6-4-14(19)5-7-15/h2-9H,10-12H2,1H3,(H,20,21). The lowest BCUT2D eigenvalue weighted by molar-refractivity contribution is -0.146. The predicted molar refractivity (Wildman–Crippen MR) is 97.6 cm³/mol. The molecule has 0 heterocycles. The summed E-state index contributed by atoms with van der Waals surface area (Å²) >= 11 is 7.35. The molecule has 1 N–H and O–H groups in total. The Morgan fingerprint density at radius 2 is 1.75 bits per heavy atom. The van der Waals surface area contributed by atoms with Crippen molar-refractivity contribution in [1.82, 2.24) is 0 Å². The summed E-state index contributed by atoms with van der Waals surface area (Å²) in [5.41, 5.74) is 1.81. The summed E-state index contributed by atoms with van der Waals surface area (Å²) < 4.78 is 4.97. The third-order valence-electron chi connectivity index (χ3n) is 3.09. The van der Waals surface area contributed by atoms with E-state index >= 15 is 0 Å². The lowest BCUT2D eigenvalue weighted by atomic mass is 10.2. The largest absolute Gasteiger partial charge is 0.456 e. The van der Waals surface area contributed by atoms with E-state index < -0.39 is 0 Å². The zero-order valence-corrected chi connectivity index (χ0v) is 14.8. The number of amides is 1. The fourth-order valence-electron chi connectivity index (χ4n) is 1.84. The van der Waals surface area contributed by atoms with Crippen LogP contribution in [0.1, 0.15) is 12.0 Å². The second-order valence-corrected chi connectivity index (χ2v) is 6.73. The van der Waals surface area contributed by atoms with Gasteiger partial charge in [-0.1, -0.05) is 29.3 Å². The van der Waals surface area contributed by atoms with Crippen LogP contribution in [-0.2, 0) is 14.3 Å². The summed E-state index contributed by atoms with van der Waals surface area (Å²) in [5.74, 6) is -0.154. The lowest BCUT2D eigenvalue weighted by Gasteiger charge is -2.07. The van der Waals surface area contributed by atoms with E-state index in [1.54, 1.807) is 36.0 Å². The highest BCUT2D eigenvalue weighted by atomic mass is 35.5. The Bertz CT molecular complexity index is 686. The van der Waals surface area contributed by atoms with Crippen molar-refractivity contribution in [2.45, 2.75) is 18.2 Å². The first kappa shape index (κ1) is 18.4. The number of nitrogens with one attached hydrogen (secondary N) is 1. The van der Waals surface area contributed by atoms with Crippen LogP contribution in [0.3, 0.4) is 0 Å². The molecule has 0 unspecified atom stereocenters. The average Bonchev–Trinajstić information content (AvgIpc) is 2.57. The van der Waals surface area contributed by atoms with Crippen molar-refractivity contribution < 1.29 is 14.3 Å². The second-order valence-electron chi connectivity index (χ2n) is 5.13. The number of rotatable bonds is 7. The Morgan fingerprint density at radius 3 is 2.42 bits per heavy atom. The van der Waals surface area contributed by atoms with Gasteiger partial charge in [0.1, 0.15) is 0 Å². The van der Waals surface area contributed by atoms with Crippen molar-refractivity contribution >= 4 is 40.9 Å². The highest BCUT2D eigenvalue weighted by molar-refractivity contribution is 7.99. The fourth-order valence-corrected chi connectivity index (χ4v) is 2.79. The molecule has 126 valence electrons. The third-order valence-corrected chi connectivity index (χ3v) is 4.35. The van der Waals surface area contributed by atoms with Gasteiger partial charge in [0.05, 0.1) is 6.42 Å². The van der Waals surface area contributed by atoms with E-state index in [9.17, 15) is 9.59 Å². The number of carbonyl (C=O) groups excluding carboxylic acids is 2. The highest BCUT2D eigenvalue weighted by Crippen LogP contribution is 2.19. The number of hydrogen-bond donors (Lipinski definition) is 1. The van der Waals surface area contributed by atoms with Gasteiger partial charge in [-0.3, -0.25) is 9.59 Å². The molecule has 0 aliphatic heterocycles. The van der Waals surface area contributed by atoms with Gasteiger partial charge in [-0.25, -0.2) is 0 Å². The smallest absolute Gasteiger partial charge is 0.307 e. The monoisotopic (exact) mass is 363 g/mol. The molecule has 0 saturated heterocycles. The zero-order chi connectivity index (χ0) is 17.4. The number of esters is 1. The first-order chi connectivity index (χ1) is 11.5. The van der Waals surface area contributed by atoms with E-state index in [-0.39, 0.29) is 24.9 Å². The van der Waals surface area contributed by atoms with Crippen LogP contribution >= 0.6 is 23.4 Å². The van der Waals surface area contributed by atoms with E-state index in [0.29, 0.717) is 16.5 Å². The molecule has 0 radical (unpaired) electrons. The van der Waals surface area contributed by atoms with Crippen molar-refractivity contribution in [3.8, 4) is 0 Å². The van der Waals surface area contributed by atoms with Gasteiger partial charge < -0.3 is 10.1 Å². The minimum Gasteiger partial charge on any atom is -0.456 e. The van der Waals surface area contributed by atoms with E-state index in [1.807, 2.05) is 31.2 Å². The van der Waals surface area contributed by atoms with Crippen LogP contribution < -0.4 is 5.32 Å².